The summed E-state index contributed by atoms with van der Waals surface area (Å²) in [5.41, 5.74) is 0. The van der Waals surface area contributed by atoms with Gasteiger partial charge in [-0.15, -0.1) is 0 Å². The lowest BCUT2D eigenvalue weighted by Gasteiger charge is -2.27. The summed E-state index contributed by atoms with van der Waals surface area (Å²) in [5.74, 6) is -0.704. The summed E-state index contributed by atoms with van der Waals surface area (Å²) in [4.78, 5) is 23.1. The average molecular weight is 279 g/mol. The van der Waals surface area contributed by atoms with Gasteiger partial charge in [-0.3, -0.25) is 4.79 Å². The van der Waals surface area contributed by atoms with Crippen molar-refractivity contribution in [1.82, 2.24) is 5.32 Å². The van der Waals surface area contributed by atoms with Gasteiger partial charge in [0.2, 0.25) is 6.10 Å². The summed E-state index contributed by atoms with van der Waals surface area (Å²) in [6.45, 7) is 3.52. The molecule has 0 aliphatic carbocycles. The number of amides is 1. The third-order valence-corrected chi connectivity index (χ3v) is 3.03. The van der Waals surface area contributed by atoms with E-state index in [1.54, 1.807) is 32.0 Å². The maximum absolute atomic E-state index is 12.0. The number of carboxylic acids is 1. The minimum atomic E-state index is -1.06. The first-order chi connectivity index (χ1) is 9.49. The van der Waals surface area contributed by atoms with E-state index in [4.69, 9.17) is 14.6 Å². The Hall–Kier alpha value is -2.24. The van der Waals surface area contributed by atoms with Crippen molar-refractivity contribution >= 4 is 11.9 Å². The standard InChI is InChI=1S/C14H17NO5/c1-8(2)12(14(17)18)15-13(16)11-7-19-9-5-3-4-6-10(9)20-11/h3-6,8,11-12H,7H2,1-2H3,(H,15,16)(H,17,18)/t11-,12-/m0/s1. The molecule has 2 N–H and O–H groups in total. The first-order valence-electron chi connectivity index (χ1n) is 6.40. The molecule has 0 saturated carbocycles. The van der Waals surface area contributed by atoms with E-state index in [0.717, 1.165) is 0 Å². The molecule has 1 heterocycles. The van der Waals surface area contributed by atoms with E-state index in [1.807, 2.05) is 6.07 Å². The first kappa shape index (κ1) is 14.2. The Kier molecular flexibility index (Phi) is 4.12. The molecule has 0 bridgehead atoms. The van der Waals surface area contributed by atoms with Gasteiger partial charge in [0, 0.05) is 0 Å². The zero-order chi connectivity index (χ0) is 14.7. The van der Waals surface area contributed by atoms with Crippen LogP contribution in [0.5, 0.6) is 11.5 Å². The topological polar surface area (TPSA) is 84.9 Å². The van der Waals surface area contributed by atoms with Gasteiger partial charge in [0.05, 0.1) is 0 Å². The number of carbonyl (C=O) groups excluding carboxylic acids is 1. The van der Waals surface area contributed by atoms with E-state index in [-0.39, 0.29) is 12.5 Å². The number of ether oxygens (including phenoxy) is 2. The summed E-state index contributed by atoms with van der Waals surface area (Å²) in [6.07, 6.45) is -0.842. The van der Waals surface area contributed by atoms with Crippen molar-refractivity contribution in [3.05, 3.63) is 24.3 Å². The molecular weight excluding hydrogens is 262 g/mol. The SMILES string of the molecule is CC(C)[C@H](NC(=O)[C@@H]1COc2ccccc2O1)C(=O)O. The number of aliphatic carboxylic acids is 1. The minimum Gasteiger partial charge on any atom is -0.485 e. The third kappa shape index (κ3) is 3.01. The molecule has 20 heavy (non-hydrogen) atoms. The monoisotopic (exact) mass is 279 g/mol. The molecule has 1 aromatic rings. The molecule has 0 spiro atoms. The van der Waals surface area contributed by atoms with Gasteiger partial charge in [-0.2, -0.15) is 0 Å². The third-order valence-electron chi connectivity index (χ3n) is 3.03. The van der Waals surface area contributed by atoms with Gasteiger partial charge in [0.1, 0.15) is 12.6 Å². The highest BCUT2D eigenvalue weighted by atomic mass is 16.6. The van der Waals surface area contributed by atoms with Crippen LogP contribution in [0.15, 0.2) is 24.3 Å². The molecule has 6 nitrogen and oxygen atoms in total. The van der Waals surface area contributed by atoms with Crippen LogP contribution < -0.4 is 14.8 Å². The van der Waals surface area contributed by atoms with Crippen molar-refractivity contribution in [1.29, 1.82) is 0 Å². The van der Waals surface area contributed by atoms with Crippen LogP contribution in [0.2, 0.25) is 0 Å². The maximum atomic E-state index is 12.0. The molecular formula is C14H17NO5. The predicted octanol–water partition coefficient (Wildman–Crippen LogP) is 1.05. The fraction of sp³-hybridized carbons (Fsp3) is 0.429. The van der Waals surface area contributed by atoms with E-state index < -0.39 is 24.0 Å². The summed E-state index contributed by atoms with van der Waals surface area (Å²) < 4.78 is 11.0. The molecule has 6 heteroatoms. The Balaban J connectivity index is 2.03. The highest BCUT2D eigenvalue weighted by molar-refractivity contribution is 5.87. The molecule has 0 unspecified atom stereocenters. The second kappa shape index (κ2) is 5.81. The number of hydrogen-bond donors (Lipinski definition) is 2. The Morgan fingerprint density at radius 2 is 1.95 bits per heavy atom. The largest absolute Gasteiger partial charge is 0.485 e. The number of carboxylic acid groups (broad SMARTS) is 1. The van der Waals surface area contributed by atoms with Crippen molar-refractivity contribution < 1.29 is 24.2 Å². The molecule has 2 rings (SSSR count). The van der Waals surface area contributed by atoms with Gasteiger partial charge >= 0.3 is 5.97 Å². The minimum absolute atomic E-state index is 0.0628. The number of benzene rings is 1. The van der Waals surface area contributed by atoms with Crippen LogP contribution in [-0.2, 0) is 9.59 Å². The molecule has 1 aliphatic rings. The number of rotatable bonds is 4. The van der Waals surface area contributed by atoms with Crippen molar-refractivity contribution in [2.75, 3.05) is 6.61 Å². The molecule has 0 radical (unpaired) electrons. The van der Waals surface area contributed by atoms with Crippen LogP contribution in [0, 0.1) is 5.92 Å². The molecule has 0 aromatic heterocycles. The van der Waals surface area contributed by atoms with E-state index in [1.165, 1.54) is 0 Å². The second-order valence-electron chi connectivity index (χ2n) is 4.93. The van der Waals surface area contributed by atoms with Gasteiger partial charge in [0.15, 0.2) is 11.5 Å². The lowest BCUT2D eigenvalue weighted by Crippen LogP contribution is -2.51. The first-order valence-corrected chi connectivity index (χ1v) is 6.40. The van der Waals surface area contributed by atoms with Gasteiger partial charge < -0.3 is 19.9 Å². The molecule has 0 saturated heterocycles. The predicted molar refractivity (Wildman–Crippen MR) is 70.8 cm³/mol. The van der Waals surface area contributed by atoms with Crippen LogP contribution in [0.1, 0.15) is 13.8 Å². The Morgan fingerprint density at radius 1 is 1.30 bits per heavy atom. The second-order valence-corrected chi connectivity index (χ2v) is 4.93. The van der Waals surface area contributed by atoms with E-state index in [9.17, 15) is 9.59 Å². The van der Waals surface area contributed by atoms with Crippen molar-refractivity contribution in [3.63, 3.8) is 0 Å². The Labute approximate surface area is 116 Å². The number of para-hydroxylation sites is 2. The summed E-state index contributed by atoms with van der Waals surface area (Å²) in [6, 6.07) is 6.09. The summed E-state index contributed by atoms with van der Waals surface area (Å²) >= 11 is 0. The molecule has 0 fully saturated rings. The van der Waals surface area contributed by atoms with Gasteiger partial charge in [-0.25, -0.2) is 4.79 Å². The average Bonchev–Trinajstić information content (AvgIpc) is 2.43. The molecule has 1 amide bonds. The van der Waals surface area contributed by atoms with Crippen LogP contribution in [0.25, 0.3) is 0 Å². The number of nitrogens with one attached hydrogen (secondary N) is 1. The molecule has 108 valence electrons. The smallest absolute Gasteiger partial charge is 0.326 e. The van der Waals surface area contributed by atoms with Gasteiger partial charge in [0.25, 0.3) is 5.91 Å². The van der Waals surface area contributed by atoms with Gasteiger partial charge in [-0.05, 0) is 18.1 Å². The number of carbonyl (C=O) groups is 2. The summed E-state index contributed by atoms with van der Waals surface area (Å²) in [5, 5.41) is 11.5. The zero-order valence-corrected chi connectivity index (χ0v) is 11.3. The van der Waals surface area contributed by atoms with E-state index in [0.29, 0.717) is 11.5 Å². The molecule has 1 aromatic carbocycles. The lowest BCUT2D eigenvalue weighted by molar-refractivity contribution is -0.145. The zero-order valence-electron chi connectivity index (χ0n) is 11.3. The van der Waals surface area contributed by atoms with Crippen LogP contribution >= 0.6 is 0 Å². The quantitative estimate of drug-likeness (QED) is 0.860. The molecule has 1 aliphatic heterocycles. The lowest BCUT2D eigenvalue weighted by atomic mass is 10.0. The van der Waals surface area contributed by atoms with E-state index in [2.05, 4.69) is 5.32 Å². The maximum Gasteiger partial charge on any atom is 0.326 e. The van der Waals surface area contributed by atoms with Crippen molar-refractivity contribution in [2.45, 2.75) is 26.0 Å². The van der Waals surface area contributed by atoms with E-state index >= 15 is 0 Å². The van der Waals surface area contributed by atoms with Crippen LogP contribution in [0.4, 0.5) is 0 Å². The van der Waals surface area contributed by atoms with Crippen molar-refractivity contribution in [3.8, 4) is 11.5 Å². The van der Waals surface area contributed by atoms with Crippen LogP contribution in [-0.4, -0.2) is 35.7 Å². The van der Waals surface area contributed by atoms with Crippen molar-refractivity contribution in [2.24, 2.45) is 5.92 Å². The molecule has 2 atom stereocenters. The fourth-order valence-corrected chi connectivity index (χ4v) is 1.91. The highest BCUT2D eigenvalue weighted by Crippen LogP contribution is 2.30. The normalized spacial score (nSPS) is 18.4. The Morgan fingerprint density at radius 3 is 2.55 bits per heavy atom. The summed E-state index contributed by atoms with van der Waals surface area (Å²) in [7, 11) is 0. The fourth-order valence-electron chi connectivity index (χ4n) is 1.91. The highest BCUT2D eigenvalue weighted by Gasteiger charge is 2.31. The number of fused-ring (bicyclic) bond motifs is 1. The van der Waals surface area contributed by atoms with Crippen LogP contribution in [0.3, 0.4) is 0 Å². The number of hydrogen-bond acceptors (Lipinski definition) is 4. The Bertz CT molecular complexity index is 514. The van der Waals surface area contributed by atoms with Gasteiger partial charge in [-0.1, -0.05) is 26.0 Å².